The molecule has 0 unspecified atom stereocenters. The number of allylic oxidation sites excluding steroid dienone is 2. The van der Waals surface area contributed by atoms with Crippen LogP contribution in [0.25, 0.3) is 5.57 Å². The lowest BCUT2D eigenvalue weighted by Crippen LogP contribution is -2.42. The number of H-pyrrole nitrogens is 1. The number of aromatic amines is 1. The molecule has 178 valence electrons. The van der Waals surface area contributed by atoms with E-state index in [0.29, 0.717) is 31.7 Å². The monoisotopic (exact) mass is 462 g/mol. The number of methoxy groups -OCH3 is 1. The van der Waals surface area contributed by atoms with Gasteiger partial charge >= 0.3 is 5.97 Å². The number of carbonyl (C=O) groups is 2. The van der Waals surface area contributed by atoms with Crippen molar-refractivity contribution in [3.8, 4) is 6.07 Å². The molecule has 2 N–H and O–H groups in total. The molecule has 8 nitrogen and oxygen atoms in total. The van der Waals surface area contributed by atoms with Crippen LogP contribution < -0.4 is 5.32 Å². The second kappa shape index (κ2) is 9.43. The fourth-order valence-electron chi connectivity index (χ4n) is 4.74. The zero-order valence-electron chi connectivity index (χ0n) is 19.9. The van der Waals surface area contributed by atoms with E-state index in [2.05, 4.69) is 35.2 Å². The van der Waals surface area contributed by atoms with Crippen molar-refractivity contribution >= 4 is 23.1 Å². The first kappa shape index (κ1) is 23.7. The summed E-state index contributed by atoms with van der Waals surface area (Å²) >= 11 is 0. The van der Waals surface area contributed by atoms with Crippen LogP contribution in [0, 0.1) is 16.7 Å². The van der Waals surface area contributed by atoms with E-state index in [0.717, 1.165) is 36.0 Å². The van der Waals surface area contributed by atoms with Gasteiger partial charge in [-0.1, -0.05) is 26.0 Å². The normalized spacial score (nSPS) is 18.9. The number of carbonyl (C=O) groups excluding carboxylic acids is 2. The summed E-state index contributed by atoms with van der Waals surface area (Å²) < 4.78 is 10.7. The minimum absolute atomic E-state index is 0.0702. The fraction of sp³-hybridized carbons (Fsp3) is 0.462. The Balaban J connectivity index is 1.75. The molecule has 1 aliphatic heterocycles. The van der Waals surface area contributed by atoms with Crippen LogP contribution in [0.5, 0.6) is 0 Å². The zero-order valence-corrected chi connectivity index (χ0v) is 19.9. The van der Waals surface area contributed by atoms with Crippen molar-refractivity contribution in [1.29, 1.82) is 5.26 Å². The molecule has 1 aromatic carbocycles. The number of esters is 1. The van der Waals surface area contributed by atoms with Crippen LogP contribution in [0.1, 0.15) is 73.4 Å². The third kappa shape index (κ3) is 4.62. The lowest BCUT2D eigenvalue weighted by atomic mass is 9.72. The highest BCUT2D eigenvalue weighted by Gasteiger charge is 2.43. The molecule has 8 heteroatoms. The molecule has 4 rings (SSSR count). The number of hydrogen-bond donors (Lipinski definition) is 2. The predicted molar refractivity (Wildman–Crippen MR) is 127 cm³/mol. The summed E-state index contributed by atoms with van der Waals surface area (Å²) in [5.41, 5.74) is 3.20. The van der Waals surface area contributed by atoms with Gasteiger partial charge in [-0.15, -0.1) is 0 Å². The number of ether oxygens (including phenoxy) is 2. The molecule has 0 bridgehead atoms. The maximum absolute atomic E-state index is 12.9. The number of benzene rings is 1. The van der Waals surface area contributed by atoms with E-state index in [1.54, 1.807) is 0 Å². The fourth-order valence-corrected chi connectivity index (χ4v) is 4.74. The van der Waals surface area contributed by atoms with Gasteiger partial charge in [-0.3, -0.25) is 9.59 Å². The summed E-state index contributed by atoms with van der Waals surface area (Å²) in [5, 5.41) is 12.0. The molecular formula is C26H30N4O4. The van der Waals surface area contributed by atoms with Crippen molar-refractivity contribution in [2.24, 2.45) is 5.41 Å². The van der Waals surface area contributed by atoms with Gasteiger partial charge in [-0.05, 0) is 60.8 Å². The molecule has 34 heavy (non-hydrogen) atoms. The number of amides is 1. The summed E-state index contributed by atoms with van der Waals surface area (Å²) in [6, 6.07) is 7.69. The lowest BCUT2D eigenvalue weighted by molar-refractivity contribution is -0.151. The Morgan fingerprint density at radius 3 is 2.62 bits per heavy atom. The van der Waals surface area contributed by atoms with Gasteiger partial charge in [-0.2, -0.15) is 5.26 Å². The number of nitriles is 1. The Morgan fingerprint density at radius 1 is 1.24 bits per heavy atom. The standard InChI is InChI=1S/C26H30N4O4/c1-25(2)8-6-17(7-9-25)20-14-18(26(24(32)33-3)10-12-34-13-11-26)4-5-21(20)30-23(31)22-28-16-19(15-27)29-22/h4-6,14,16H,7-13H2,1-3H3,(H,28,29)(H,30,31). The van der Waals surface area contributed by atoms with E-state index in [1.165, 1.54) is 13.3 Å². The highest BCUT2D eigenvalue weighted by atomic mass is 16.5. The maximum Gasteiger partial charge on any atom is 0.316 e. The van der Waals surface area contributed by atoms with Crippen molar-refractivity contribution in [2.75, 3.05) is 25.6 Å². The van der Waals surface area contributed by atoms with Crippen LogP contribution in [-0.4, -0.2) is 42.2 Å². The summed E-state index contributed by atoms with van der Waals surface area (Å²) in [5.74, 6) is -0.626. The SMILES string of the molecule is COC(=O)C1(c2ccc(NC(=O)c3ncc(C#N)[nH]3)c(C3=CCC(C)(C)CC3)c2)CCOCC1. The van der Waals surface area contributed by atoms with Gasteiger partial charge in [-0.25, -0.2) is 4.98 Å². The van der Waals surface area contributed by atoms with Crippen LogP contribution in [0.2, 0.25) is 0 Å². The molecule has 1 fully saturated rings. The Labute approximate surface area is 199 Å². The Bertz CT molecular complexity index is 1170. The highest BCUT2D eigenvalue weighted by molar-refractivity contribution is 6.03. The number of aromatic nitrogens is 2. The van der Waals surface area contributed by atoms with Crippen molar-refractivity contribution in [3.05, 3.63) is 53.1 Å². The van der Waals surface area contributed by atoms with Gasteiger partial charge in [0.2, 0.25) is 0 Å². The molecule has 0 atom stereocenters. The van der Waals surface area contributed by atoms with Gasteiger partial charge in [0.25, 0.3) is 5.91 Å². The second-order valence-electron chi connectivity index (χ2n) is 9.76. The van der Waals surface area contributed by atoms with E-state index in [4.69, 9.17) is 14.7 Å². The first-order valence-corrected chi connectivity index (χ1v) is 11.5. The molecule has 1 aromatic heterocycles. The van der Waals surface area contributed by atoms with Gasteiger partial charge < -0.3 is 19.8 Å². The van der Waals surface area contributed by atoms with Crippen LogP contribution in [0.4, 0.5) is 5.69 Å². The number of nitrogens with one attached hydrogen (secondary N) is 2. The number of anilines is 1. The molecule has 2 aliphatic rings. The van der Waals surface area contributed by atoms with E-state index >= 15 is 0 Å². The number of hydrogen-bond acceptors (Lipinski definition) is 6. The summed E-state index contributed by atoms with van der Waals surface area (Å²) in [7, 11) is 1.42. The van der Waals surface area contributed by atoms with Crippen LogP contribution in [0.3, 0.4) is 0 Å². The molecule has 0 saturated carbocycles. The predicted octanol–water partition coefficient (Wildman–Crippen LogP) is 4.35. The molecule has 2 aromatic rings. The number of imidazole rings is 1. The van der Waals surface area contributed by atoms with E-state index in [1.807, 2.05) is 24.3 Å². The minimum atomic E-state index is -0.776. The quantitative estimate of drug-likeness (QED) is 0.638. The average Bonchev–Trinajstić information content (AvgIpc) is 3.34. The molecule has 1 saturated heterocycles. The third-order valence-corrected chi connectivity index (χ3v) is 6.97. The van der Waals surface area contributed by atoms with Crippen LogP contribution >= 0.6 is 0 Å². The Kier molecular flexibility index (Phi) is 6.58. The third-order valence-electron chi connectivity index (χ3n) is 6.97. The first-order valence-electron chi connectivity index (χ1n) is 11.5. The number of nitrogens with zero attached hydrogens (tertiary/aromatic N) is 2. The van der Waals surface area contributed by atoms with Gasteiger partial charge in [0.15, 0.2) is 5.82 Å². The van der Waals surface area contributed by atoms with Gasteiger partial charge in [0.1, 0.15) is 11.8 Å². The average molecular weight is 463 g/mol. The molecule has 0 spiro atoms. The topological polar surface area (TPSA) is 117 Å². The number of rotatable bonds is 5. The van der Waals surface area contributed by atoms with Crippen molar-refractivity contribution in [3.63, 3.8) is 0 Å². The Hall–Kier alpha value is -3.44. The maximum atomic E-state index is 12.9. The molecule has 1 amide bonds. The highest BCUT2D eigenvalue weighted by Crippen LogP contribution is 2.43. The zero-order chi connectivity index (χ0) is 24.3. The first-order chi connectivity index (χ1) is 16.3. The molecular weight excluding hydrogens is 432 g/mol. The summed E-state index contributed by atoms with van der Waals surface area (Å²) in [4.78, 5) is 32.5. The van der Waals surface area contributed by atoms with E-state index in [-0.39, 0.29) is 22.9 Å². The van der Waals surface area contributed by atoms with Gasteiger partial charge in [0.05, 0.1) is 18.7 Å². The Morgan fingerprint density at radius 2 is 2.00 bits per heavy atom. The smallest absolute Gasteiger partial charge is 0.316 e. The largest absolute Gasteiger partial charge is 0.468 e. The summed E-state index contributed by atoms with van der Waals surface area (Å²) in [6.07, 6.45) is 7.47. The van der Waals surface area contributed by atoms with Crippen molar-refractivity contribution < 1.29 is 19.1 Å². The van der Waals surface area contributed by atoms with E-state index < -0.39 is 11.3 Å². The molecule has 2 heterocycles. The van der Waals surface area contributed by atoms with Crippen molar-refractivity contribution in [1.82, 2.24) is 9.97 Å². The van der Waals surface area contributed by atoms with Crippen molar-refractivity contribution in [2.45, 2.75) is 51.4 Å². The summed E-state index contributed by atoms with van der Waals surface area (Å²) in [6.45, 7) is 5.47. The van der Waals surface area contributed by atoms with Crippen LogP contribution in [0.15, 0.2) is 30.5 Å². The van der Waals surface area contributed by atoms with E-state index in [9.17, 15) is 9.59 Å². The molecule has 0 radical (unpaired) electrons. The van der Waals surface area contributed by atoms with Crippen LogP contribution in [-0.2, 0) is 19.7 Å². The second-order valence-corrected chi connectivity index (χ2v) is 9.76. The lowest BCUT2D eigenvalue weighted by Gasteiger charge is -2.36. The van der Waals surface area contributed by atoms with Gasteiger partial charge in [0, 0.05) is 24.5 Å². The minimum Gasteiger partial charge on any atom is -0.468 e. The molecule has 1 aliphatic carbocycles.